The lowest BCUT2D eigenvalue weighted by Gasteiger charge is -2.32. The third-order valence-corrected chi connectivity index (χ3v) is 3.57. The molecule has 0 radical (unpaired) electrons. The monoisotopic (exact) mass is 179 g/mol. The summed E-state index contributed by atoms with van der Waals surface area (Å²) in [4.78, 5) is 13.7. The Morgan fingerprint density at radius 1 is 1.46 bits per heavy atom. The second-order valence-electron chi connectivity index (χ2n) is 4.81. The number of carbonyl (C=O) groups excluding carboxylic acids is 1. The fourth-order valence-electron chi connectivity index (χ4n) is 2.85. The van der Waals surface area contributed by atoms with Crippen molar-refractivity contribution in [2.24, 2.45) is 17.3 Å². The van der Waals surface area contributed by atoms with Gasteiger partial charge in [-0.15, -0.1) is 0 Å². The molecule has 0 heterocycles. The Balaban J connectivity index is 2.23. The zero-order valence-corrected chi connectivity index (χ0v) is 8.58. The van der Waals surface area contributed by atoms with Crippen molar-refractivity contribution in [3.63, 3.8) is 0 Å². The van der Waals surface area contributed by atoms with Gasteiger partial charge in [0, 0.05) is 14.1 Å². The molecule has 72 valence electrons. The zero-order chi connectivity index (χ0) is 9.64. The van der Waals surface area contributed by atoms with Gasteiger partial charge in [0.2, 0.25) is 5.91 Å². The summed E-state index contributed by atoms with van der Waals surface area (Å²) in [5.74, 6) is 1.45. The molecule has 2 heteroatoms. The Labute approximate surface area is 79.6 Å². The summed E-state index contributed by atoms with van der Waals surface area (Å²) in [5, 5.41) is 0. The largest absolute Gasteiger partial charge is 0.348 e. The Morgan fingerprint density at radius 2 is 2.15 bits per heavy atom. The van der Waals surface area contributed by atoms with Crippen LogP contribution in [0, 0.1) is 17.3 Å². The molecule has 2 nitrogen and oxygen atoms in total. The summed E-state index contributed by atoms with van der Waals surface area (Å²) < 4.78 is 0. The van der Waals surface area contributed by atoms with E-state index < -0.39 is 0 Å². The first-order valence-corrected chi connectivity index (χ1v) is 4.94. The Morgan fingerprint density at radius 3 is 2.54 bits per heavy atom. The van der Waals surface area contributed by atoms with E-state index in [-0.39, 0.29) is 5.41 Å². The first kappa shape index (κ1) is 8.79. The van der Waals surface area contributed by atoms with E-state index in [1.807, 2.05) is 14.1 Å². The highest BCUT2D eigenvalue weighted by molar-refractivity contribution is 5.83. The third kappa shape index (κ3) is 1.11. The number of carbonyl (C=O) groups is 1. The summed E-state index contributed by atoms with van der Waals surface area (Å²) >= 11 is 0. The van der Waals surface area contributed by atoms with Crippen molar-refractivity contribution < 1.29 is 4.79 Å². The third-order valence-electron chi connectivity index (χ3n) is 3.57. The molecule has 13 heavy (non-hydrogen) atoms. The molecule has 0 aromatic rings. The fraction of sp³-hybridized carbons (Fsp3) is 0.727. The smallest absolute Gasteiger partial charge is 0.228 e. The van der Waals surface area contributed by atoms with Crippen LogP contribution in [-0.2, 0) is 4.79 Å². The highest BCUT2D eigenvalue weighted by Crippen LogP contribution is 2.52. The number of amides is 1. The van der Waals surface area contributed by atoms with E-state index in [9.17, 15) is 4.79 Å². The summed E-state index contributed by atoms with van der Waals surface area (Å²) in [6.45, 7) is 2.11. The predicted molar refractivity (Wildman–Crippen MR) is 52.2 cm³/mol. The van der Waals surface area contributed by atoms with Crippen LogP contribution in [0.5, 0.6) is 0 Å². The van der Waals surface area contributed by atoms with E-state index in [4.69, 9.17) is 0 Å². The van der Waals surface area contributed by atoms with Gasteiger partial charge in [-0.3, -0.25) is 4.79 Å². The van der Waals surface area contributed by atoms with Crippen LogP contribution in [-0.4, -0.2) is 24.9 Å². The molecule has 2 bridgehead atoms. The minimum Gasteiger partial charge on any atom is -0.348 e. The van der Waals surface area contributed by atoms with Gasteiger partial charge in [-0.25, -0.2) is 0 Å². The Hall–Kier alpha value is -0.790. The second kappa shape index (κ2) is 2.60. The van der Waals surface area contributed by atoms with Crippen LogP contribution < -0.4 is 0 Å². The predicted octanol–water partition coefficient (Wildman–Crippen LogP) is 1.68. The van der Waals surface area contributed by atoms with Crippen molar-refractivity contribution in [2.75, 3.05) is 14.1 Å². The SMILES string of the molecule is CN(C)C(=O)[C@]1(C)C[C@H]2C=C[C@@H]1C2. The van der Waals surface area contributed by atoms with Crippen LogP contribution >= 0.6 is 0 Å². The maximum atomic E-state index is 11.9. The molecule has 0 aromatic heterocycles. The van der Waals surface area contributed by atoms with Crippen LogP contribution in [0.3, 0.4) is 0 Å². The van der Waals surface area contributed by atoms with Crippen molar-refractivity contribution in [1.82, 2.24) is 4.90 Å². The molecule has 1 fully saturated rings. The summed E-state index contributed by atoms with van der Waals surface area (Å²) in [6.07, 6.45) is 6.74. The van der Waals surface area contributed by atoms with Crippen LogP contribution in [0.4, 0.5) is 0 Å². The van der Waals surface area contributed by atoms with Gasteiger partial charge in [-0.2, -0.15) is 0 Å². The molecule has 2 aliphatic carbocycles. The van der Waals surface area contributed by atoms with Gasteiger partial charge in [0.1, 0.15) is 0 Å². The number of nitrogens with zero attached hydrogens (tertiary/aromatic N) is 1. The average molecular weight is 179 g/mol. The standard InChI is InChI=1S/C11H17NO/c1-11(10(13)12(2)3)7-8-4-5-9(11)6-8/h4-5,8-9H,6-7H2,1-3H3/t8-,9+,11+/m0/s1. The van der Waals surface area contributed by atoms with E-state index in [0.717, 1.165) is 6.42 Å². The van der Waals surface area contributed by atoms with Gasteiger partial charge in [0.25, 0.3) is 0 Å². The van der Waals surface area contributed by atoms with Gasteiger partial charge in [-0.1, -0.05) is 19.1 Å². The molecule has 0 spiro atoms. The van der Waals surface area contributed by atoms with Crippen LogP contribution in [0.1, 0.15) is 19.8 Å². The number of allylic oxidation sites excluding steroid dienone is 2. The molecule has 2 rings (SSSR count). The van der Waals surface area contributed by atoms with Crippen molar-refractivity contribution >= 4 is 5.91 Å². The summed E-state index contributed by atoms with van der Waals surface area (Å²) in [7, 11) is 3.70. The minimum absolute atomic E-state index is 0.108. The van der Waals surface area contributed by atoms with Gasteiger partial charge in [0.15, 0.2) is 0 Å². The number of rotatable bonds is 1. The fourth-order valence-corrected chi connectivity index (χ4v) is 2.85. The maximum Gasteiger partial charge on any atom is 0.228 e. The first-order valence-electron chi connectivity index (χ1n) is 4.94. The topological polar surface area (TPSA) is 20.3 Å². The quantitative estimate of drug-likeness (QED) is 0.561. The summed E-state index contributed by atoms with van der Waals surface area (Å²) in [6, 6.07) is 0. The molecule has 2 aliphatic rings. The number of hydrogen-bond donors (Lipinski definition) is 0. The molecule has 0 aliphatic heterocycles. The number of fused-ring (bicyclic) bond motifs is 2. The normalized spacial score (nSPS) is 41.2. The number of hydrogen-bond acceptors (Lipinski definition) is 1. The lowest BCUT2D eigenvalue weighted by Crippen LogP contribution is -2.40. The molecule has 1 saturated carbocycles. The molecule has 0 saturated heterocycles. The van der Waals surface area contributed by atoms with E-state index in [2.05, 4.69) is 19.1 Å². The molecule has 0 aromatic carbocycles. The second-order valence-corrected chi connectivity index (χ2v) is 4.81. The van der Waals surface area contributed by atoms with Gasteiger partial charge < -0.3 is 4.90 Å². The minimum atomic E-state index is -0.108. The molecule has 1 amide bonds. The van der Waals surface area contributed by atoms with Crippen LogP contribution in [0.2, 0.25) is 0 Å². The molecule has 0 unspecified atom stereocenters. The highest BCUT2D eigenvalue weighted by atomic mass is 16.2. The zero-order valence-electron chi connectivity index (χ0n) is 8.58. The molecular formula is C11H17NO. The molecular weight excluding hydrogens is 162 g/mol. The van der Waals surface area contributed by atoms with Crippen molar-refractivity contribution in [3.8, 4) is 0 Å². The van der Waals surface area contributed by atoms with E-state index in [1.165, 1.54) is 6.42 Å². The van der Waals surface area contributed by atoms with Gasteiger partial charge in [-0.05, 0) is 24.7 Å². The Kier molecular flexibility index (Phi) is 1.76. The lowest BCUT2D eigenvalue weighted by atomic mass is 9.76. The van der Waals surface area contributed by atoms with E-state index in [1.54, 1.807) is 4.90 Å². The molecule has 0 N–H and O–H groups in total. The summed E-state index contributed by atoms with van der Waals surface area (Å²) in [5.41, 5.74) is -0.108. The van der Waals surface area contributed by atoms with E-state index >= 15 is 0 Å². The first-order chi connectivity index (χ1) is 6.04. The lowest BCUT2D eigenvalue weighted by molar-refractivity contribution is -0.140. The molecule has 3 atom stereocenters. The van der Waals surface area contributed by atoms with Gasteiger partial charge >= 0.3 is 0 Å². The maximum absolute atomic E-state index is 11.9. The highest BCUT2D eigenvalue weighted by Gasteiger charge is 2.50. The van der Waals surface area contributed by atoms with Crippen LogP contribution in [0.15, 0.2) is 12.2 Å². The van der Waals surface area contributed by atoms with Crippen molar-refractivity contribution in [1.29, 1.82) is 0 Å². The van der Waals surface area contributed by atoms with Crippen molar-refractivity contribution in [2.45, 2.75) is 19.8 Å². The average Bonchev–Trinajstić information content (AvgIpc) is 2.62. The van der Waals surface area contributed by atoms with Crippen LogP contribution in [0.25, 0.3) is 0 Å². The van der Waals surface area contributed by atoms with Crippen molar-refractivity contribution in [3.05, 3.63) is 12.2 Å². The Bertz CT molecular complexity index is 269. The van der Waals surface area contributed by atoms with E-state index in [0.29, 0.717) is 17.7 Å². The van der Waals surface area contributed by atoms with Gasteiger partial charge in [0.05, 0.1) is 5.41 Å².